The molecule has 9 nitrogen and oxygen atoms in total. The highest BCUT2D eigenvalue weighted by atomic mass is 32.2. The molecule has 1 heterocycles. The molecule has 2 aromatic rings. The first-order chi connectivity index (χ1) is 9.94. The Morgan fingerprint density at radius 1 is 1.33 bits per heavy atom. The van der Waals surface area contributed by atoms with Crippen molar-refractivity contribution in [1.29, 1.82) is 0 Å². The van der Waals surface area contributed by atoms with Crippen LogP contribution in [0.3, 0.4) is 0 Å². The lowest BCUT2D eigenvalue weighted by molar-refractivity contribution is -0.387. The number of anilines is 1. The van der Waals surface area contributed by atoms with E-state index in [0.29, 0.717) is 5.56 Å². The van der Waals surface area contributed by atoms with E-state index in [9.17, 15) is 18.5 Å². The van der Waals surface area contributed by atoms with Crippen LogP contribution < -0.4 is 16.0 Å². The van der Waals surface area contributed by atoms with Gasteiger partial charge in [0.25, 0.3) is 5.69 Å². The molecule has 10 heteroatoms. The number of hydrogen-bond donors (Lipinski definition) is 3. The Morgan fingerprint density at radius 2 is 2.10 bits per heavy atom. The van der Waals surface area contributed by atoms with Crippen LogP contribution in [0.25, 0.3) is 0 Å². The van der Waals surface area contributed by atoms with Gasteiger partial charge in [0.15, 0.2) is 4.90 Å². The summed E-state index contributed by atoms with van der Waals surface area (Å²) in [7, 11) is -4.07. The molecule has 0 amide bonds. The molecule has 0 saturated carbocycles. The monoisotopic (exact) mass is 312 g/mol. The van der Waals surface area contributed by atoms with Gasteiger partial charge in [-0.1, -0.05) is 0 Å². The zero-order valence-electron chi connectivity index (χ0n) is 10.6. The summed E-state index contributed by atoms with van der Waals surface area (Å²) in [6.07, 6.45) is 2.76. The van der Waals surface area contributed by atoms with E-state index >= 15 is 0 Å². The lowest BCUT2D eigenvalue weighted by Crippen LogP contribution is -2.24. The number of sulfonamides is 1. The van der Waals surface area contributed by atoms with Crippen molar-refractivity contribution >= 4 is 21.4 Å². The van der Waals surface area contributed by atoms with Crippen molar-refractivity contribution in [1.82, 2.24) is 4.72 Å². The minimum atomic E-state index is -4.07. The maximum atomic E-state index is 12.2. The average Bonchev–Trinajstić information content (AvgIpc) is 2.98. The van der Waals surface area contributed by atoms with E-state index in [1.807, 2.05) is 0 Å². The third-order valence-corrected chi connectivity index (χ3v) is 4.09. The van der Waals surface area contributed by atoms with Gasteiger partial charge < -0.3 is 9.84 Å². The molecule has 0 aliphatic rings. The Kier molecular flexibility index (Phi) is 4.21. The van der Waals surface area contributed by atoms with Crippen LogP contribution in [-0.4, -0.2) is 13.3 Å². The molecular formula is C11H12N4O5S. The van der Waals surface area contributed by atoms with Gasteiger partial charge in [0.1, 0.15) is 0 Å². The minimum absolute atomic E-state index is 0.0454. The number of nitro benzene ring substituents is 1. The third-order valence-electron chi connectivity index (χ3n) is 2.66. The quantitative estimate of drug-likeness (QED) is 0.409. The van der Waals surface area contributed by atoms with Crippen LogP contribution in [0, 0.1) is 10.1 Å². The highest BCUT2D eigenvalue weighted by molar-refractivity contribution is 7.89. The topological polar surface area (TPSA) is 140 Å². The van der Waals surface area contributed by atoms with Crippen LogP contribution in [0.2, 0.25) is 0 Å². The van der Waals surface area contributed by atoms with E-state index in [2.05, 4.69) is 10.1 Å². The SMILES string of the molecule is NNc1ccc([N+](=O)[O-])c(S(=O)(=O)NCc2ccoc2)c1. The Labute approximate surface area is 119 Å². The highest BCUT2D eigenvalue weighted by Gasteiger charge is 2.26. The molecule has 0 bridgehead atoms. The fraction of sp³-hybridized carbons (Fsp3) is 0.0909. The van der Waals surface area contributed by atoms with Crippen molar-refractivity contribution in [3.8, 4) is 0 Å². The summed E-state index contributed by atoms with van der Waals surface area (Å²) >= 11 is 0. The van der Waals surface area contributed by atoms with Gasteiger partial charge in [-0.3, -0.25) is 16.0 Å². The summed E-state index contributed by atoms with van der Waals surface area (Å²) < 4.78 is 31.5. The normalized spacial score (nSPS) is 11.3. The van der Waals surface area contributed by atoms with Crippen molar-refractivity contribution in [2.75, 3.05) is 5.43 Å². The molecule has 112 valence electrons. The molecular weight excluding hydrogens is 300 g/mol. The van der Waals surface area contributed by atoms with E-state index in [1.54, 1.807) is 6.07 Å². The second-order valence-corrected chi connectivity index (χ2v) is 5.78. The van der Waals surface area contributed by atoms with Gasteiger partial charge in [0.2, 0.25) is 10.0 Å². The third kappa shape index (κ3) is 3.37. The van der Waals surface area contributed by atoms with Crippen LogP contribution >= 0.6 is 0 Å². The first-order valence-electron chi connectivity index (χ1n) is 5.70. The van der Waals surface area contributed by atoms with E-state index in [0.717, 1.165) is 12.1 Å². The van der Waals surface area contributed by atoms with Crippen LogP contribution in [0.5, 0.6) is 0 Å². The second kappa shape index (κ2) is 5.91. The predicted octanol–water partition coefficient (Wildman–Crippen LogP) is 0.952. The molecule has 0 unspecified atom stereocenters. The van der Waals surface area contributed by atoms with Crippen molar-refractivity contribution in [2.45, 2.75) is 11.4 Å². The Hall–Kier alpha value is -2.43. The zero-order valence-corrected chi connectivity index (χ0v) is 11.5. The molecule has 0 aliphatic heterocycles. The number of nitrogens with one attached hydrogen (secondary N) is 2. The summed E-state index contributed by atoms with van der Waals surface area (Å²) in [4.78, 5) is 9.71. The van der Waals surface area contributed by atoms with Gasteiger partial charge in [0, 0.05) is 18.2 Å². The lowest BCUT2D eigenvalue weighted by Gasteiger charge is -2.08. The summed E-state index contributed by atoms with van der Waals surface area (Å²) in [5.41, 5.74) is 2.54. The number of hydrazine groups is 1. The molecule has 0 radical (unpaired) electrons. The van der Waals surface area contributed by atoms with Crippen molar-refractivity contribution in [3.63, 3.8) is 0 Å². The number of benzene rings is 1. The summed E-state index contributed by atoms with van der Waals surface area (Å²) in [5, 5.41) is 10.9. The maximum absolute atomic E-state index is 12.2. The molecule has 0 fully saturated rings. The van der Waals surface area contributed by atoms with Gasteiger partial charge in [-0.2, -0.15) is 0 Å². The number of furan rings is 1. The largest absolute Gasteiger partial charge is 0.472 e. The van der Waals surface area contributed by atoms with Crippen molar-refractivity contribution in [2.24, 2.45) is 5.84 Å². The molecule has 0 saturated heterocycles. The number of rotatable bonds is 6. The molecule has 0 aliphatic carbocycles. The van der Waals surface area contributed by atoms with Crippen molar-refractivity contribution < 1.29 is 17.8 Å². The zero-order chi connectivity index (χ0) is 15.5. The van der Waals surface area contributed by atoms with Gasteiger partial charge in [-0.15, -0.1) is 0 Å². The van der Waals surface area contributed by atoms with Crippen LogP contribution in [0.4, 0.5) is 11.4 Å². The molecule has 0 atom stereocenters. The van der Waals surface area contributed by atoms with E-state index < -0.39 is 25.5 Å². The van der Waals surface area contributed by atoms with Crippen LogP contribution in [0.15, 0.2) is 46.1 Å². The summed E-state index contributed by atoms with van der Waals surface area (Å²) in [6.45, 7) is -0.0454. The lowest BCUT2D eigenvalue weighted by atomic mass is 10.3. The highest BCUT2D eigenvalue weighted by Crippen LogP contribution is 2.26. The second-order valence-electron chi connectivity index (χ2n) is 4.04. The maximum Gasteiger partial charge on any atom is 0.289 e. The number of nitrogens with two attached hydrogens (primary N) is 1. The number of nitrogen functional groups attached to an aromatic ring is 1. The van der Waals surface area contributed by atoms with Crippen LogP contribution in [-0.2, 0) is 16.6 Å². The fourth-order valence-corrected chi connectivity index (χ4v) is 2.83. The fourth-order valence-electron chi connectivity index (χ4n) is 1.62. The Balaban J connectivity index is 2.35. The van der Waals surface area contributed by atoms with E-state index in [-0.39, 0.29) is 12.2 Å². The molecule has 4 N–H and O–H groups in total. The average molecular weight is 312 g/mol. The van der Waals surface area contributed by atoms with Gasteiger partial charge in [0.05, 0.1) is 23.1 Å². The predicted molar refractivity (Wildman–Crippen MR) is 73.6 cm³/mol. The Bertz CT molecular complexity index is 742. The van der Waals surface area contributed by atoms with E-state index in [4.69, 9.17) is 10.3 Å². The molecule has 2 rings (SSSR count). The number of nitro groups is 1. The first kappa shape index (κ1) is 15.0. The van der Waals surface area contributed by atoms with Crippen molar-refractivity contribution in [3.05, 3.63) is 52.5 Å². The number of hydrogen-bond acceptors (Lipinski definition) is 7. The summed E-state index contributed by atoms with van der Waals surface area (Å²) in [5.74, 6) is 5.19. The van der Waals surface area contributed by atoms with Gasteiger partial charge >= 0.3 is 0 Å². The molecule has 21 heavy (non-hydrogen) atoms. The van der Waals surface area contributed by atoms with Crippen LogP contribution in [0.1, 0.15) is 5.56 Å². The molecule has 0 spiro atoms. The Morgan fingerprint density at radius 3 is 2.67 bits per heavy atom. The minimum Gasteiger partial charge on any atom is -0.472 e. The smallest absolute Gasteiger partial charge is 0.289 e. The number of nitrogens with zero attached hydrogens (tertiary/aromatic N) is 1. The first-order valence-corrected chi connectivity index (χ1v) is 7.18. The molecule has 1 aromatic carbocycles. The van der Waals surface area contributed by atoms with E-state index in [1.165, 1.54) is 18.6 Å². The summed E-state index contributed by atoms with van der Waals surface area (Å²) in [6, 6.07) is 5.06. The van der Waals surface area contributed by atoms with Gasteiger partial charge in [-0.25, -0.2) is 13.1 Å². The standard InChI is InChI=1S/C11H12N4O5S/c12-14-9-1-2-10(15(16)17)11(5-9)21(18,19)13-6-8-3-4-20-7-8/h1-5,7,13-14H,6,12H2. The van der Waals surface area contributed by atoms with Gasteiger partial charge in [-0.05, 0) is 18.2 Å². The molecule has 1 aromatic heterocycles.